The first-order valence-electron chi connectivity index (χ1n) is 10.6. The van der Waals surface area contributed by atoms with Gasteiger partial charge in [0.25, 0.3) is 5.56 Å². The number of aromatic nitrogens is 2. The number of anilines is 1. The predicted molar refractivity (Wildman–Crippen MR) is 134 cm³/mol. The monoisotopic (exact) mass is 473 g/mol. The van der Waals surface area contributed by atoms with Gasteiger partial charge in [-0.2, -0.15) is 0 Å². The fraction of sp³-hybridized carbons (Fsp3) is 0.154. The molecule has 1 N–H and O–H groups in total. The SMILES string of the molecule is COC(=O)c1ccc(NC(=O)CSc2nc3ccccc3c(=O)n2-c2cccc(C)c2C)cc1. The first-order valence-corrected chi connectivity index (χ1v) is 11.6. The number of carbonyl (C=O) groups excluding carboxylic acids is 2. The molecule has 0 bridgehead atoms. The van der Waals surface area contributed by atoms with E-state index in [1.165, 1.54) is 18.9 Å². The maximum atomic E-state index is 13.4. The zero-order chi connectivity index (χ0) is 24.2. The van der Waals surface area contributed by atoms with Crippen LogP contribution in [0.4, 0.5) is 5.69 Å². The zero-order valence-corrected chi connectivity index (χ0v) is 19.8. The van der Waals surface area contributed by atoms with Crippen LogP contribution in [0, 0.1) is 13.8 Å². The van der Waals surface area contributed by atoms with Gasteiger partial charge < -0.3 is 10.1 Å². The Kier molecular flexibility index (Phi) is 6.79. The summed E-state index contributed by atoms with van der Waals surface area (Å²) in [5, 5.41) is 3.76. The van der Waals surface area contributed by atoms with Crippen LogP contribution in [0.5, 0.6) is 0 Å². The molecule has 4 aromatic rings. The predicted octanol–water partition coefficient (Wildman–Crippen LogP) is 4.52. The van der Waals surface area contributed by atoms with Gasteiger partial charge in [-0.1, -0.05) is 36.0 Å². The van der Waals surface area contributed by atoms with Crippen LogP contribution in [0.1, 0.15) is 21.5 Å². The highest BCUT2D eigenvalue weighted by Gasteiger charge is 2.17. The molecule has 0 spiro atoms. The maximum absolute atomic E-state index is 13.4. The van der Waals surface area contributed by atoms with E-state index in [9.17, 15) is 14.4 Å². The highest BCUT2D eigenvalue weighted by atomic mass is 32.2. The summed E-state index contributed by atoms with van der Waals surface area (Å²) in [5.41, 5.74) is 4.12. The Hall–Kier alpha value is -3.91. The Bertz CT molecular complexity index is 1450. The van der Waals surface area contributed by atoms with Crippen molar-refractivity contribution in [3.8, 4) is 5.69 Å². The normalized spacial score (nSPS) is 10.8. The third-order valence-electron chi connectivity index (χ3n) is 5.48. The van der Waals surface area contributed by atoms with Crippen molar-refractivity contribution < 1.29 is 14.3 Å². The molecule has 4 rings (SSSR count). The lowest BCUT2D eigenvalue weighted by molar-refractivity contribution is -0.113. The van der Waals surface area contributed by atoms with Crippen LogP contribution in [-0.4, -0.2) is 34.3 Å². The van der Waals surface area contributed by atoms with E-state index in [0.29, 0.717) is 27.3 Å². The maximum Gasteiger partial charge on any atom is 0.337 e. The molecular formula is C26H23N3O4S. The van der Waals surface area contributed by atoms with Gasteiger partial charge in [0.15, 0.2) is 5.16 Å². The van der Waals surface area contributed by atoms with Crippen molar-refractivity contribution >= 4 is 40.2 Å². The first kappa shape index (κ1) is 23.3. The number of nitrogens with zero attached hydrogens (tertiary/aromatic N) is 2. The third kappa shape index (κ3) is 4.72. The molecule has 0 radical (unpaired) electrons. The zero-order valence-electron chi connectivity index (χ0n) is 19.0. The number of amides is 1. The first-order chi connectivity index (χ1) is 16.4. The average molecular weight is 474 g/mol. The van der Waals surface area contributed by atoms with Crippen molar-refractivity contribution in [2.75, 3.05) is 18.2 Å². The van der Waals surface area contributed by atoms with Crippen LogP contribution in [0.15, 0.2) is 76.7 Å². The summed E-state index contributed by atoms with van der Waals surface area (Å²) in [6.45, 7) is 3.95. The number of nitrogens with one attached hydrogen (secondary N) is 1. The Morgan fingerprint density at radius 3 is 2.47 bits per heavy atom. The van der Waals surface area contributed by atoms with E-state index in [-0.39, 0.29) is 17.2 Å². The van der Waals surface area contributed by atoms with E-state index < -0.39 is 5.97 Å². The van der Waals surface area contributed by atoms with E-state index >= 15 is 0 Å². The van der Waals surface area contributed by atoms with Gasteiger partial charge in [0, 0.05) is 5.69 Å². The minimum atomic E-state index is -0.444. The highest BCUT2D eigenvalue weighted by molar-refractivity contribution is 7.99. The Morgan fingerprint density at radius 1 is 1.00 bits per heavy atom. The molecule has 7 nitrogen and oxygen atoms in total. The minimum Gasteiger partial charge on any atom is -0.465 e. The van der Waals surface area contributed by atoms with Crippen LogP contribution in [0.25, 0.3) is 16.6 Å². The summed E-state index contributed by atoms with van der Waals surface area (Å²) in [4.78, 5) is 42.3. The number of carbonyl (C=O) groups is 2. The second kappa shape index (κ2) is 9.93. The van der Waals surface area contributed by atoms with Gasteiger partial charge in [-0.15, -0.1) is 0 Å². The topological polar surface area (TPSA) is 90.3 Å². The molecule has 8 heteroatoms. The van der Waals surface area contributed by atoms with Crippen molar-refractivity contribution in [2.45, 2.75) is 19.0 Å². The third-order valence-corrected chi connectivity index (χ3v) is 6.42. The minimum absolute atomic E-state index is 0.0500. The number of esters is 1. The van der Waals surface area contributed by atoms with Crippen molar-refractivity contribution in [3.05, 3.63) is 93.8 Å². The molecule has 0 aliphatic heterocycles. The van der Waals surface area contributed by atoms with E-state index in [4.69, 9.17) is 4.98 Å². The molecule has 3 aromatic carbocycles. The number of methoxy groups -OCH3 is 1. The molecule has 1 aromatic heterocycles. The molecular weight excluding hydrogens is 450 g/mol. The van der Waals surface area contributed by atoms with Crippen LogP contribution >= 0.6 is 11.8 Å². The van der Waals surface area contributed by atoms with Crippen LogP contribution in [0.3, 0.4) is 0 Å². The van der Waals surface area contributed by atoms with Gasteiger partial charge in [0.2, 0.25) is 5.91 Å². The van der Waals surface area contributed by atoms with Gasteiger partial charge in [-0.3, -0.25) is 14.2 Å². The number of rotatable bonds is 6. The van der Waals surface area contributed by atoms with Crippen LogP contribution in [-0.2, 0) is 9.53 Å². The molecule has 0 atom stereocenters. The summed E-state index contributed by atoms with van der Waals surface area (Å²) in [6.07, 6.45) is 0. The molecule has 172 valence electrons. The Balaban J connectivity index is 1.62. The van der Waals surface area contributed by atoms with Gasteiger partial charge in [-0.05, 0) is 67.4 Å². The second-order valence-electron chi connectivity index (χ2n) is 7.68. The molecule has 0 unspecified atom stereocenters. The number of para-hydroxylation sites is 1. The summed E-state index contributed by atoms with van der Waals surface area (Å²) in [7, 11) is 1.31. The number of aryl methyl sites for hydroxylation is 1. The number of ether oxygens (including phenoxy) is 1. The van der Waals surface area contributed by atoms with E-state index in [1.54, 1.807) is 41.0 Å². The Labute approximate surface area is 200 Å². The van der Waals surface area contributed by atoms with E-state index in [1.807, 2.05) is 44.2 Å². The molecule has 0 saturated heterocycles. The fourth-order valence-electron chi connectivity index (χ4n) is 3.53. The quantitative estimate of drug-likeness (QED) is 0.252. The summed E-state index contributed by atoms with van der Waals surface area (Å²) >= 11 is 1.19. The molecule has 1 heterocycles. The lowest BCUT2D eigenvalue weighted by Gasteiger charge is -2.16. The Morgan fingerprint density at radius 2 is 1.74 bits per heavy atom. The van der Waals surface area contributed by atoms with Gasteiger partial charge in [0.1, 0.15) is 0 Å². The largest absolute Gasteiger partial charge is 0.465 e. The summed E-state index contributed by atoms with van der Waals surface area (Å²) in [5.74, 6) is -0.653. The van der Waals surface area contributed by atoms with Gasteiger partial charge >= 0.3 is 5.97 Å². The van der Waals surface area contributed by atoms with E-state index in [0.717, 1.165) is 16.8 Å². The lowest BCUT2D eigenvalue weighted by atomic mass is 10.1. The number of hydrogen-bond acceptors (Lipinski definition) is 6. The van der Waals surface area contributed by atoms with Crippen LogP contribution in [0.2, 0.25) is 0 Å². The van der Waals surface area contributed by atoms with Gasteiger partial charge in [-0.25, -0.2) is 9.78 Å². The van der Waals surface area contributed by atoms with Crippen molar-refractivity contribution in [1.82, 2.24) is 9.55 Å². The van der Waals surface area contributed by atoms with Gasteiger partial charge in [0.05, 0.1) is 35.0 Å². The summed E-state index contributed by atoms with van der Waals surface area (Å²) < 4.78 is 6.26. The molecule has 1 amide bonds. The number of benzene rings is 3. The second-order valence-corrected chi connectivity index (χ2v) is 8.62. The smallest absolute Gasteiger partial charge is 0.337 e. The van der Waals surface area contributed by atoms with Crippen molar-refractivity contribution in [2.24, 2.45) is 0 Å². The van der Waals surface area contributed by atoms with Crippen LogP contribution < -0.4 is 10.9 Å². The van der Waals surface area contributed by atoms with Crippen molar-refractivity contribution in [1.29, 1.82) is 0 Å². The molecule has 0 fully saturated rings. The molecule has 0 saturated carbocycles. The number of fused-ring (bicyclic) bond motifs is 1. The fourth-order valence-corrected chi connectivity index (χ4v) is 4.34. The summed E-state index contributed by atoms with van der Waals surface area (Å²) in [6, 6.07) is 19.4. The molecule has 34 heavy (non-hydrogen) atoms. The van der Waals surface area contributed by atoms with E-state index in [2.05, 4.69) is 10.1 Å². The lowest BCUT2D eigenvalue weighted by Crippen LogP contribution is -2.23. The number of thioether (sulfide) groups is 1. The molecule has 0 aliphatic carbocycles. The average Bonchev–Trinajstić information content (AvgIpc) is 2.85. The standard InChI is InChI=1S/C26H23N3O4S/c1-16-7-6-10-22(17(16)2)29-24(31)20-8-4-5-9-21(20)28-26(29)34-15-23(30)27-19-13-11-18(12-14-19)25(32)33-3/h4-14H,15H2,1-3H3,(H,27,30). The van der Waals surface area contributed by atoms with Crippen molar-refractivity contribution in [3.63, 3.8) is 0 Å². The number of hydrogen-bond donors (Lipinski definition) is 1. The highest BCUT2D eigenvalue weighted by Crippen LogP contribution is 2.24. The molecule has 0 aliphatic rings.